The lowest BCUT2D eigenvalue weighted by Crippen LogP contribution is -2.36. The molecule has 0 radical (unpaired) electrons. The van der Waals surface area contributed by atoms with Crippen molar-refractivity contribution in [3.63, 3.8) is 0 Å². The van der Waals surface area contributed by atoms with Crippen LogP contribution in [0.25, 0.3) is 0 Å². The van der Waals surface area contributed by atoms with Crippen LogP contribution >= 0.6 is 0 Å². The Labute approximate surface area is 177 Å². The molecule has 0 saturated carbocycles. The smallest absolute Gasteiger partial charge is 0.220 e. The number of nitrogens with zero attached hydrogens (tertiary/aromatic N) is 1. The molecule has 2 heterocycles. The molecule has 1 saturated heterocycles. The molecule has 0 bridgehead atoms. The molecule has 1 N–H and O–H groups in total. The van der Waals surface area contributed by atoms with Crippen molar-refractivity contribution in [3.8, 4) is 17.2 Å². The molecule has 1 atom stereocenters. The topological polar surface area (TPSA) is 78.9 Å². The Morgan fingerprint density at radius 3 is 2.53 bits per heavy atom. The normalized spacial score (nSPS) is 15.3. The van der Waals surface area contributed by atoms with E-state index in [9.17, 15) is 4.79 Å². The Hall–Kier alpha value is -2.80. The van der Waals surface area contributed by atoms with Gasteiger partial charge in [-0.25, -0.2) is 0 Å². The molecule has 0 aliphatic carbocycles. The van der Waals surface area contributed by atoms with E-state index in [1.165, 1.54) is 0 Å². The second kappa shape index (κ2) is 10.8. The highest BCUT2D eigenvalue weighted by atomic mass is 16.5. The Balaban J connectivity index is 1.70. The van der Waals surface area contributed by atoms with Gasteiger partial charge in [0.1, 0.15) is 0 Å². The predicted octanol–water partition coefficient (Wildman–Crippen LogP) is 3.32. The van der Waals surface area contributed by atoms with Gasteiger partial charge in [-0.15, -0.1) is 0 Å². The van der Waals surface area contributed by atoms with E-state index in [0.29, 0.717) is 36.0 Å². The molecule has 1 aromatic carbocycles. The fourth-order valence-electron chi connectivity index (χ4n) is 3.94. The molecule has 7 heteroatoms. The van der Waals surface area contributed by atoms with Crippen molar-refractivity contribution in [3.05, 3.63) is 47.8 Å². The SMILES string of the molecule is COc1ccc(CCC(=O)N[C@H](c2cccnc2)C2CCOCC2)c(OC)c1OC. The van der Waals surface area contributed by atoms with Crippen molar-refractivity contribution in [2.24, 2.45) is 5.92 Å². The molecule has 1 aliphatic rings. The van der Waals surface area contributed by atoms with Gasteiger partial charge in [-0.05, 0) is 48.4 Å². The van der Waals surface area contributed by atoms with E-state index < -0.39 is 0 Å². The van der Waals surface area contributed by atoms with Gasteiger partial charge in [0.05, 0.1) is 27.4 Å². The van der Waals surface area contributed by atoms with Crippen LogP contribution in [0.3, 0.4) is 0 Å². The van der Waals surface area contributed by atoms with Gasteiger partial charge in [0.25, 0.3) is 0 Å². The fraction of sp³-hybridized carbons (Fsp3) is 0.478. The third-order valence-electron chi connectivity index (χ3n) is 5.50. The zero-order valence-corrected chi connectivity index (χ0v) is 17.8. The molecule has 0 unspecified atom stereocenters. The van der Waals surface area contributed by atoms with E-state index in [-0.39, 0.29) is 11.9 Å². The van der Waals surface area contributed by atoms with Gasteiger partial charge < -0.3 is 24.3 Å². The number of ether oxygens (including phenoxy) is 4. The number of nitrogens with one attached hydrogen (secondary N) is 1. The summed E-state index contributed by atoms with van der Waals surface area (Å²) >= 11 is 0. The van der Waals surface area contributed by atoms with E-state index >= 15 is 0 Å². The standard InChI is InChI=1S/C23H30N2O5/c1-27-19-8-6-17(22(28-2)23(19)29-3)7-9-20(26)25-21(16-10-13-30-14-11-16)18-5-4-12-24-15-18/h4-6,8,12,15-16,21H,7,9-11,13-14H2,1-3H3,(H,25,26)/t21-/m0/s1. The summed E-state index contributed by atoms with van der Waals surface area (Å²) in [5.74, 6) is 2.06. The summed E-state index contributed by atoms with van der Waals surface area (Å²) in [5.41, 5.74) is 1.93. The van der Waals surface area contributed by atoms with Crippen LogP contribution in [0.5, 0.6) is 17.2 Å². The third kappa shape index (κ3) is 5.21. The summed E-state index contributed by atoms with van der Waals surface area (Å²) in [6, 6.07) is 7.59. The van der Waals surface area contributed by atoms with Crippen molar-refractivity contribution in [1.29, 1.82) is 0 Å². The molecular weight excluding hydrogens is 384 g/mol. The summed E-state index contributed by atoms with van der Waals surface area (Å²) in [5, 5.41) is 3.23. The molecule has 1 aromatic heterocycles. The monoisotopic (exact) mass is 414 g/mol. The summed E-state index contributed by atoms with van der Waals surface area (Å²) in [6.07, 6.45) is 6.29. The quantitative estimate of drug-likeness (QED) is 0.678. The summed E-state index contributed by atoms with van der Waals surface area (Å²) in [7, 11) is 4.74. The van der Waals surface area contributed by atoms with Gasteiger partial charge in [0.2, 0.25) is 11.7 Å². The molecule has 1 amide bonds. The van der Waals surface area contributed by atoms with Crippen LogP contribution in [0.2, 0.25) is 0 Å². The highest BCUT2D eigenvalue weighted by Crippen LogP contribution is 2.40. The average Bonchev–Trinajstić information content (AvgIpc) is 2.81. The van der Waals surface area contributed by atoms with Gasteiger partial charge in [-0.3, -0.25) is 9.78 Å². The molecule has 0 spiro atoms. The molecule has 2 aromatic rings. The van der Waals surface area contributed by atoms with Crippen molar-refractivity contribution in [2.75, 3.05) is 34.5 Å². The van der Waals surface area contributed by atoms with Crippen molar-refractivity contribution < 1.29 is 23.7 Å². The van der Waals surface area contributed by atoms with Gasteiger partial charge >= 0.3 is 0 Å². The number of rotatable bonds is 9. The lowest BCUT2D eigenvalue weighted by Gasteiger charge is -2.31. The highest BCUT2D eigenvalue weighted by Gasteiger charge is 2.27. The van der Waals surface area contributed by atoms with Crippen LogP contribution in [0.4, 0.5) is 0 Å². The maximum absolute atomic E-state index is 12.9. The predicted molar refractivity (Wildman–Crippen MR) is 113 cm³/mol. The minimum atomic E-state index is -0.0672. The maximum atomic E-state index is 12.9. The second-order valence-electron chi connectivity index (χ2n) is 7.27. The Morgan fingerprint density at radius 2 is 1.90 bits per heavy atom. The number of carbonyl (C=O) groups is 1. The van der Waals surface area contributed by atoms with E-state index in [1.54, 1.807) is 27.5 Å². The fourth-order valence-corrected chi connectivity index (χ4v) is 3.94. The number of hydrogen-bond donors (Lipinski definition) is 1. The van der Waals surface area contributed by atoms with E-state index in [4.69, 9.17) is 18.9 Å². The van der Waals surface area contributed by atoms with Gasteiger partial charge in [0.15, 0.2) is 11.5 Å². The maximum Gasteiger partial charge on any atom is 0.220 e. The zero-order valence-electron chi connectivity index (χ0n) is 17.8. The number of aromatic nitrogens is 1. The van der Waals surface area contributed by atoms with Crippen LogP contribution in [0.15, 0.2) is 36.7 Å². The number of carbonyl (C=O) groups excluding carboxylic acids is 1. The first-order valence-corrected chi connectivity index (χ1v) is 10.2. The molecule has 3 rings (SSSR count). The van der Waals surface area contributed by atoms with Crippen molar-refractivity contribution >= 4 is 5.91 Å². The van der Waals surface area contributed by atoms with E-state index in [1.807, 2.05) is 30.5 Å². The first-order valence-electron chi connectivity index (χ1n) is 10.2. The second-order valence-corrected chi connectivity index (χ2v) is 7.27. The number of hydrogen-bond acceptors (Lipinski definition) is 6. The first kappa shape index (κ1) is 21.9. The minimum Gasteiger partial charge on any atom is -0.493 e. The number of amides is 1. The minimum absolute atomic E-state index is 0.00724. The van der Waals surface area contributed by atoms with Gasteiger partial charge in [-0.2, -0.15) is 0 Å². The number of methoxy groups -OCH3 is 3. The van der Waals surface area contributed by atoms with Gasteiger partial charge in [0, 0.05) is 32.0 Å². The van der Waals surface area contributed by atoms with Crippen molar-refractivity contribution in [2.45, 2.75) is 31.7 Å². The van der Waals surface area contributed by atoms with Crippen LogP contribution < -0.4 is 19.5 Å². The zero-order chi connectivity index (χ0) is 21.3. The third-order valence-corrected chi connectivity index (χ3v) is 5.50. The average molecular weight is 415 g/mol. The molecule has 7 nitrogen and oxygen atoms in total. The largest absolute Gasteiger partial charge is 0.493 e. The molecule has 30 heavy (non-hydrogen) atoms. The van der Waals surface area contributed by atoms with Crippen LogP contribution in [0.1, 0.15) is 36.4 Å². The molecule has 1 fully saturated rings. The number of pyridine rings is 1. The van der Waals surface area contributed by atoms with Crippen LogP contribution in [0, 0.1) is 5.92 Å². The first-order chi connectivity index (χ1) is 14.7. The molecule has 1 aliphatic heterocycles. The summed E-state index contributed by atoms with van der Waals surface area (Å²) in [6.45, 7) is 1.44. The summed E-state index contributed by atoms with van der Waals surface area (Å²) in [4.78, 5) is 17.1. The van der Waals surface area contributed by atoms with Crippen LogP contribution in [-0.2, 0) is 16.0 Å². The van der Waals surface area contributed by atoms with Crippen molar-refractivity contribution in [1.82, 2.24) is 10.3 Å². The number of aryl methyl sites for hydroxylation is 1. The Bertz CT molecular complexity index is 822. The molecular formula is C23H30N2O5. The van der Waals surface area contributed by atoms with E-state index in [2.05, 4.69) is 10.3 Å². The summed E-state index contributed by atoms with van der Waals surface area (Å²) < 4.78 is 21.8. The lowest BCUT2D eigenvalue weighted by atomic mass is 9.87. The Morgan fingerprint density at radius 1 is 1.13 bits per heavy atom. The van der Waals surface area contributed by atoms with Crippen LogP contribution in [-0.4, -0.2) is 45.4 Å². The number of benzene rings is 1. The van der Waals surface area contributed by atoms with E-state index in [0.717, 1.165) is 37.2 Å². The lowest BCUT2D eigenvalue weighted by molar-refractivity contribution is -0.122. The van der Waals surface area contributed by atoms with Gasteiger partial charge in [-0.1, -0.05) is 12.1 Å². The Kier molecular flexibility index (Phi) is 7.90. The highest BCUT2D eigenvalue weighted by molar-refractivity contribution is 5.77. The molecule has 162 valence electrons.